The molecule has 1 aromatic carbocycles. The van der Waals surface area contributed by atoms with Gasteiger partial charge in [-0.05, 0) is 76.1 Å². The Kier molecular flexibility index (Phi) is 6.84. The second kappa shape index (κ2) is 8.39. The van der Waals surface area contributed by atoms with Gasteiger partial charge in [-0.2, -0.15) is 13.2 Å². The molecular weight excluding hydrogens is 377 g/mol. The summed E-state index contributed by atoms with van der Waals surface area (Å²) in [6, 6.07) is 4.99. The van der Waals surface area contributed by atoms with Crippen LogP contribution < -0.4 is 10.0 Å². The van der Waals surface area contributed by atoms with Gasteiger partial charge in [0.25, 0.3) is 0 Å². The van der Waals surface area contributed by atoms with Crippen molar-refractivity contribution in [3.05, 3.63) is 29.8 Å². The highest BCUT2D eigenvalue weighted by Crippen LogP contribution is 2.31. The monoisotopic (exact) mass is 406 g/mol. The van der Waals surface area contributed by atoms with Gasteiger partial charge >= 0.3 is 6.18 Å². The lowest BCUT2D eigenvalue weighted by Crippen LogP contribution is -2.47. The number of benzene rings is 1. The smallest absolute Gasteiger partial charge is 0.385 e. The number of rotatable bonds is 7. The van der Waals surface area contributed by atoms with Gasteiger partial charge in [-0.15, -0.1) is 0 Å². The van der Waals surface area contributed by atoms with Gasteiger partial charge in [-0.3, -0.25) is 0 Å². The Morgan fingerprint density at radius 1 is 1.04 bits per heavy atom. The van der Waals surface area contributed by atoms with Gasteiger partial charge in [-0.25, -0.2) is 13.1 Å². The first-order valence-corrected chi connectivity index (χ1v) is 10.9. The average Bonchev–Trinajstić information content (AvgIpc) is 2.60. The molecule has 1 aliphatic carbocycles. The molecule has 0 bridgehead atoms. The maximum Gasteiger partial charge on any atom is 0.416 e. The molecule has 0 heterocycles. The third-order valence-electron chi connectivity index (χ3n) is 5.55. The van der Waals surface area contributed by atoms with E-state index in [1.165, 1.54) is 12.1 Å². The van der Waals surface area contributed by atoms with Crippen LogP contribution in [0, 0.1) is 5.92 Å². The summed E-state index contributed by atoms with van der Waals surface area (Å²) in [5.41, 5.74) is 0.00590. The Labute approximate surface area is 160 Å². The molecule has 1 saturated carbocycles. The van der Waals surface area contributed by atoms with Crippen molar-refractivity contribution >= 4 is 15.7 Å². The van der Waals surface area contributed by atoms with Gasteiger partial charge in [0, 0.05) is 18.3 Å². The van der Waals surface area contributed by atoms with E-state index < -0.39 is 26.5 Å². The highest BCUT2D eigenvalue weighted by Gasteiger charge is 2.35. The standard InChI is InChI=1S/C19H29F3N2O2S/c1-4-18(2,3)27(25,26)24-17-9-5-14(6-10-17)13-23-16-11-7-15(8-12-16)19(20,21)22/h7-8,11-12,14,17,23-24H,4-6,9-10,13H2,1-3H3/t14-,17-. The average molecular weight is 407 g/mol. The van der Waals surface area contributed by atoms with Crippen LogP contribution in [-0.4, -0.2) is 25.8 Å². The number of nitrogens with one attached hydrogen (secondary N) is 2. The number of alkyl halides is 3. The third-order valence-corrected chi connectivity index (χ3v) is 7.94. The molecule has 4 nitrogen and oxygen atoms in total. The van der Waals surface area contributed by atoms with E-state index in [0.29, 0.717) is 24.6 Å². The number of hydrogen-bond donors (Lipinski definition) is 2. The van der Waals surface area contributed by atoms with E-state index in [1.807, 2.05) is 6.92 Å². The molecule has 0 aromatic heterocycles. The van der Waals surface area contributed by atoms with Crippen LogP contribution in [0.3, 0.4) is 0 Å². The molecule has 154 valence electrons. The molecule has 0 saturated heterocycles. The number of sulfonamides is 1. The molecule has 8 heteroatoms. The summed E-state index contributed by atoms with van der Waals surface area (Å²) in [7, 11) is -3.36. The van der Waals surface area contributed by atoms with Gasteiger partial charge < -0.3 is 5.32 Å². The lowest BCUT2D eigenvalue weighted by molar-refractivity contribution is -0.137. The normalized spacial score (nSPS) is 21.9. The minimum Gasteiger partial charge on any atom is -0.385 e. The van der Waals surface area contributed by atoms with E-state index in [4.69, 9.17) is 0 Å². The van der Waals surface area contributed by atoms with E-state index in [0.717, 1.165) is 37.8 Å². The topological polar surface area (TPSA) is 58.2 Å². The zero-order valence-corrected chi connectivity index (χ0v) is 16.9. The van der Waals surface area contributed by atoms with Crippen LogP contribution in [0.4, 0.5) is 18.9 Å². The van der Waals surface area contributed by atoms with Crippen LogP contribution >= 0.6 is 0 Å². The molecule has 1 aromatic rings. The van der Waals surface area contributed by atoms with Crippen molar-refractivity contribution in [3.63, 3.8) is 0 Å². The first-order chi connectivity index (χ1) is 12.4. The minimum atomic E-state index is -4.32. The molecule has 1 fully saturated rings. The van der Waals surface area contributed by atoms with Gasteiger partial charge in [0.15, 0.2) is 0 Å². The molecule has 2 rings (SSSR count). The number of hydrogen-bond acceptors (Lipinski definition) is 3. The lowest BCUT2D eigenvalue weighted by Gasteiger charge is -2.32. The zero-order valence-electron chi connectivity index (χ0n) is 16.1. The fraction of sp³-hybridized carbons (Fsp3) is 0.684. The van der Waals surface area contributed by atoms with Gasteiger partial charge in [-0.1, -0.05) is 6.92 Å². The molecule has 0 atom stereocenters. The van der Waals surface area contributed by atoms with Crippen molar-refractivity contribution in [3.8, 4) is 0 Å². The molecule has 0 aliphatic heterocycles. The van der Waals surface area contributed by atoms with Gasteiger partial charge in [0.1, 0.15) is 0 Å². The summed E-state index contributed by atoms with van der Waals surface area (Å²) < 4.78 is 64.7. The first kappa shape index (κ1) is 22.0. The third kappa shape index (κ3) is 5.85. The van der Waals surface area contributed by atoms with Crippen molar-refractivity contribution < 1.29 is 21.6 Å². The summed E-state index contributed by atoms with van der Waals surface area (Å²) in [5, 5.41) is 3.18. The van der Waals surface area contributed by atoms with Crippen molar-refractivity contribution in [2.75, 3.05) is 11.9 Å². The van der Waals surface area contributed by atoms with E-state index in [-0.39, 0.29) is 6.04 Å². The minimum absolute atomic E-state index is 0.0388. The first-order valence-electron chi connectivity index (χ1n) is 9.37. The zero-order chi connectivity index (χ0) is 20.3. The summed E-state index contributed by atoms with van der Waals surface area (Å²) in [6.07, 6.45) is -0.456. The van der Waals surface area contributed by atoms with E-state index in [1.54, 1.807) is 13.8 Å². The summed E-state index contributed by atoms with van der Waals surface area (Å²) in [6.45, 7) is 6.00. The largest absolute Gasteiger partial charge is 0.416 e. The van der Waals surface area contributed by atoms with E-state index in [2.05, 4.69) is 10.0 Å². The maximum absolute atomic E-state index is 12.6. The van der Waals surface area contributed by atoms with E-state index in [9.17, 15) is 21.6 Å². The summed E-state index contributed by atoms with van der Waals surface area (Å²) in [4.78, 5) is 0. The molecule has 2 N–H and O–H groups in total. The Morgan fingerprint density at radius 2 is 1.59 bits per heavy atom. The Balaban J connectivity index is 1.80. The van der Waals surface area contributed by atoms with Crippen molar-refractivity contribution in [2.45, 2.75) is 69.8 Å². The molecule has 0 unspecified atom stereocenters. The van der Waals surface area contributed by atoms with Crippen LogP contribution in [0.2, 0.25) is 0 Å². The summed E-state index contributed by atoms with van der Waals surface area (Å²) in [5.74, 6) is 0.382. The Morgan fingerprint density at radius 3 is 2.07 bits per heavy atom. The van der Waals surface area contributed by atoms with Crippen LogP contribution in [-0.2, 0) is 16.2 Å². The van der Waals surface area contributed by atoms with Gasteiger partial charge in [0.2, 0.25) is 10.0 Å². The number of anilines is 1. The second-order valence-electron chi connectivity index (χ2n) is 7.91. The van der Waals surface area contributed by atoms with Crippen molar-refractivity contribution in [2.24, 2.45) is 5.92 Å². The SMILES string of the molecule is CCC(C)(C)S(=O)(=O)N[C@H]1CC[C@H](CNc2ccc(C(F)(F)F)cc2)CC1. The fourth-order valence-electron chi connectivity index (χ4n) is 3.09. The summed E-state index contributed by atoms with van der Waals surface area (Å²) >= 11 is 0. The molecule has 27 heavy (non-hydrogen) atoms. The van der Waals surface area contributed by atoms with Crippen LogP contribution in [0.5, 0.6) is 0 Å². The second-order valence-corrected chi connectivity index (χ2v) is 10.3. The van der Waals surface area contributed by atoms with Crippen molar-refractivity contribution in [1.29, 1.82) is 0 Å². The fourth-order valence-corrected chi connectivity index (χ4v) is 4.47. The predicted molar refractivity (Wildman–Crippen MR) is 102 cm³/mol. The lowest BCUT2D eigenvalue weighted by atomic mass is 9.86. The maximum atomic E-state index is 12.6. The quantitative estimate of drug-likeness (QED) is 0.685. The van der Waals surface area contributed by atoms with Crippen LogP contribution in [0.1, 0.15) is 58.4 Å². The predicted octanol–water partition coefficient (Wildman–Crippen LogP) is 4.78. The molecular formula is C19H29F3N2O2S. The highest BCUT2D eigenvalue weighted by molar-refractivity contribution is 7.90. The molecule has 0 amide bonds. The van der Waals surface area contributed by atoms with E-state index >= 15 is 0 Å². The van der Waals surface area contributed by atoms with Crippen molar-refractivity contribution in [1.82, 2.24) is 4.72 Å². The van der Waals surface area contributed by atoms with Gasteiger partial charge in [0.05, 0.1) is 10.3 Å². The Bertz CT molecular complexity index is 707. The Hall–Kier alpha value is -1.28. The molecule has 0 radical (unpaired) electrons. The van der Waals surface area contributed by atoms with Crippen LogP contribution in [0.15, 0.2) is 24.3 Å². The molecule has 1 aliphatic rings. The number of halogens is 3. The highest BCUT2D eigenvalue weighted by atomic mass is 32.2. The van der Waals surface area contributed by atoms with Crippen LogP contribution in [0.25, 0.3) is 0 Å². The molecule has 0 spiro atoms.